The molecule has 0 amide bonds. The van der Waals surface area contributed by atoms with Crippen LogP contribution in [0.5, 0.6) is 5.75 Å². The predicted octanol–water partition coefficient (Wildman–Crippen LogP) is 2.17. The molecule has 1 N–H and O–H groups in total. The highest BCUT2D eigenvalue weighted by Gasteiger charge is 1.94. The number of benzene rings is 2. The molecule has 2 heteroatoms. The summed E-state index contributed by atoms with van der Waals surface area (Å²) in [6, 6.07) is 13.8. The lowest BCUT2D eigenvalue weighted by Gasteiger charge is -2.03. The molecule has 0 saturated heterocycles. The molecular formula is C11H10O2. The zero-order chi connectivity index (χ0) is 9.10. The Morgan fingerprint density at radius 3 is 2.54 bits per heavy atom. The van der Waals surface area contributed by atoms with Gasteiger partial charge in [0.2, 0.25) is 0 Å². The molecule has 0 bridgehead atoms. The van der Waals surface area contributed by atoms with Crippen LogP contribution >= 0.6 is 0 Å². The van der Waals surface area contributed by atoms with Crippen molar-refractivity contribution in [3.05, 3.63) is 42.5 Å². The third-order valence-corrected chi connectivity index (χ3v) is 1.95. The first-order valence-electron chi connectivity index (χ1n) is 4.12. The Morgan fingerprint density at radius 1 is 1.00 bits per heavy atom. The summed E-state index contributed by atoms with van der Waals surface area (Å²) in [5.41, 5.74) is 0. The van der Waals surface area contributed by atoms with E-state index in [1.54, 1.807) is 0 Å². The van der Waals surface area contributed by atoms with E-state index in [1.807, 2.05) is 42.5 Å². The van der Waals surface area contributed by atoms with Gasteiger partial charge in [-0.05, 0) is 22.9 Å². The molecule has 0 aliphatic heterocycles. The van der Waals surface area contributed by atoms with Gasteiger partial charge in [-0.25, -0.2) is 0 Å². The van der Waals surface area contributed by atoms with Crippen molar-refractivity contribution in [2.24, 2.45) is 0 Å². The Morgan fingerprint density at radius 2 is 1.77 bits per heavy atom. The van der Waals surface area contributed by atoms with Crippen molar-refractivity contribution in [3.63, 3.8) is 0 Å². The highest BCUT2D eigenvalue weighted by molar-refractivity contribution is 5.83. The molecule has 2 nitrogen and oxygen atoms in total. The second-order valence-electron chi connectivity index (χ2n) is 2.78. The summed E-state index contributed by atoms with van der Waals surface area (Å²) in [7, 11) is 0. The molecule has 0 heterocycles. The number of hydrogen-bond donors (Lipinski definition) is 1. The normalized spacial score (nSPS) is 10.2. The number of aliphatic hydroxyl groups excluding tert-OH is 1. The van der Waals surface area contributed by atoms with Crippen molar-refractivity contribution >= 4 is 10.8 Å². The van der Waals surface area contributed by atoms with Gasteiger partial charge in [-0.3, -0.25) is 0 Å². The lowest BCUT2D eigenvalue weighted by atomic mass is 10.1. The second kappa shape index (κ2) is 3.46. The molecule has 0 radical (unpaired) electrons. The fraction of sp³-hybridized carbons (Fsp3) is 0.0909. The zero-order valence-corrected chi connectivity index (χ0v) is 7.10. The van der Waals surface area contributed by atoms with E-state index in [9.17, 15) is 0 Å². The fourth-order valence-electron chi connectivity index (χ4n) is 1.33. The highest BCUT2D eigenvalue weighted by Crippen LogP contribution is 2.20. The number of fused-ring (bicyclic) bond motifs is 1. The van der Waals surface area contributed by atoms with E-state index in [1.165, 1.54) is 5.39 Å². The van der Waals surface area contributed by atoms with Gasteiger partial charge in [-0.1, -0.05) is 30.3 Å². The van der Waals surface area contributed by atoms with Gasteiger partial charge in [0, 0.05) is 0 Å². The molecule has 2 aromatic carbocycles. The van der Waals surface area contributed by atoms with Crippen molar-refractivity contribution in [2.45, 2.75) is 0 Å². The van der Waals surface area contributed by atoms with Crippen molar-refractivity contribution in [1.82, 2.24) is 0 Å². The van der Waals surface area contributed by atoms with Crippen molar-refractivity contribution in [1.29, 1.82) is 0 Å². The predicted molar refractivity (Wildman–Crippen MR) is 51.7 cm³/mol. The van der Waals surface area contributed by atoms with Crippen LogP contribution < -0.4 is 4.74 Å². The molecule has 0 spiro atoms. The Balaban J connectivity index is 2.49. The third kappa shape index (κ3) is 1.63. The van der Waals surface area contributed by atoms with Gasteiger partial charge < -0.3 is 9.84 Å². The highest BCUT2D eigenvalue weighted by atomic mass is 16.6. The molecule has 0 atom stereocenters. The molecule has 0 aliphatic rings. The molecule has 0 aliphatic carbocycles. The van der Waals surface area contributed by atoms with Crippen LogP contribution in [0.1, 0.15) is 0 Å². The summed E-state index contributed by atoms with van der Waals surface area (Å²) in [5.74, 6) is 0.696. The number of ether oxygens (including phenoxy) is 1. The first-order valence-corrected chi connectivity index (χ1v) is 4.12. The lowest BCUT2D eigenvalue weighted by molar-refractivity contribution is 0.0987. The Hall–Kier alpha value is -1.54. The van der Waals surface area contributed by atoms with Crippen LogP contribution in [0.25, 0.3) is 10.8 Å². The topological polar surface area (TPSA) is 29.5 Å². The van der Waals surface area contributed by atoms with Crippen LogP contribution in [0.15, 0.2) is 42.5 Å². The first kappa shape index (κ1) is 8.08. The quantitative estimate of drug-likeness (QED) is 0.707. The van der Waals surface area contributed by atoms with Crippen LogP contribution in [0.3, 0.4) is 0 Å². The average Bonchev–Trinajstić information content (AvgIpc) is 2.18. The van der Waals surface area contributed by atoms with Gasteiger partial charge in [-0.15, -0.1) is 0 Å². The van der Waals surface area contributed by atoms with Crippen LogP contribution in [0.4, 0.5) is 0 Å². The molecule has 0 saturated carbocycles. The summed E-state index contributed by atoms with van der Waals surface area (Å²) >= 11 is 0. The number of hydrogen-bond acceptors (Lipinski definition) is 2. The number of aliphatic hydroxyl groups is 1. The molecular weight excluding hydrogens is 164 g/mol. The van der Waals surface area contributed by atoms with Gasteiger partial charge in [-0.2, -0.15) is 0 Å². The van der Waals surface area contributed by atoms with Crippen LogP contribution in [-0.2, 0) is 0 Å². The summed E-state index contributed by atoms with van der Waals surface area (Å²) in [4.78, 5) is 0. The van der Waals surface area contributed by atoms with E-state index < -0.39 is 0 Å². The third-order valence-electron chi connectivity index (χ3n) is 1.95. The van der Waals surface area contributed by atoms with Crippen LogP contribution in [0.2, 0.25) is 0 Å². The van der Waals surface area contributed by atoms with E-state index in [0.29, 0.717) is 5.75 Å². The van der Waals surface area contributed by atoms with E-state index >= 15 is 0 Å². The van der Waals surface area contributed by atoms with Gasteiger partial charge in [0.25, 0.3) is 0 Å². The first-order chi connectivity index (χ1) is 6.40. The monoisotopic (exact) mass is 174 g/mol. The van der Waals surface area contributed by atoms with Gasteiger partial charge in [0.15, 0.2) is 6.79 Å². The Labute approximate surface area is 76.4 Å². The minimum atomic E-state index is -0.279. The van der Waals surface area contributed by atoms with Crippen LogP contribution in [0, 0.1) is 0 Å². The Kier molecular flexibility index (Phi) is 2.15. The number of rotatable bonds is 2. The van der Waals surface area contributed by atoms with Crippen LogP contribution in [-0.4, -0.2) is 11.9 Å². The largest absolute Gasteiger partial charge is 0.468 e. The fourth-order valence-corrected chi connectivity index (χ4v) is 1.33. The molecule has 0 aromatic heterocycles. The minimum absolute atomic E-state index is 0.279. The second-order valence-corrected chi connectivity index (χ2v) is 2.78. The van der Waals surface area contributed by atoms with Gasteiger partial charge in [0.05, 0.1) is 0 Å². The zero-order valence-electron chi connectivity index (χ0n) is 7.10. The van der Waals surface area contributed by atoms with E-state index in [4.69, 9.17) is 9.84 Å². The molecule has 0 fully saturated rings. The summed E-state index contributed by atoms with van der Waals surface area (Å²) < 4.78 is 4.97. The van der Waals surface area contributed by atoms with E-state index in [-0.39, 0.29) is 6.79 Å². The maximum Gasteiger partial charge on any atom is 0.186 e. The molecule has 2 rings (SSSR count). The maximum absolute atomic E-state index is 8.57. The molecule has 0 unspecified atom stereocenters. The van der Waals surface area contributed by atoms with E-state index in [0.717, 1.165) is 5.39 Å². The molecule has 13 heavy (non-hydrogen) atoms. The van der Waals surface area contributed by atoms with Gasteiger partial charge in [0.1, 0.15) is 5.75 Å². The van der Waals surface area contributed by atoms with Crippen molar-refractivity contribution < 1.29 is 9.84 Å². The van der Waals surface area contributed by atoms with Gasteiger partial charge >= 0.3 is 0 Å². The molecule has 2 aromatic rings. The Bertz CT molecular complexity index is 410. The maximum atomic E-state index is 8.57. The lowest BCUT2D eigenvalue weighted by Crippen LogP contribution is -1.93. The summed E-state index contributed by atoms with van der Waals surface area (Å²) in [6.45, 7) is -0.279. The summed E-state index contributed by atoms with van der Waals surface area (Å²) in [5, 5.41) is 10.9. The smallest absolute Gasteiger partial charge is 0.186 e. The summed E-state index contributed by atoms with van der Waals surface area (Å²) in [6.07, 6.45) is 0. The standard InChI is InChI=1S/C11H10O2/c12-8-13-11-6-5-9-3-1-2-4-10(9)7-11/h1-7,12H,8H2. The SMILES string of the molecule is OCOc1ccc2ccccc2c1. The molecule has 66 valence electrons. The van der Waals surface area contributed by atoms with Crippen molar-refractivity contribution in [3.8, 4) is 5.75 Å². The minimum Gasteiger partial charge on any atom is -0.468 e. The van der Waals surface area contributed by atoms with Crippen molar-refractivity contribution in [2.75, 3.05) is 6.79 Å². The van der Waals surface area contributed by atoms with E-state index in [2.05, 4.69) is 0 Å². The average molecular weight is 174 g/mol.